The van der Waals surface area contributed by atoms with E-state index in [2.05, 4.69) is 9.72 Å². The Morgan fingerprint density at radius 3 is 2.93 bits per heavy atom. The maximum atomic E-state index is 11.2. The van der Waals surface area contributed by atoms with Crippen molar-refractivity contribution in [2.24, 2.45) is 0 Å². The lowest BCUT2D eigenvalue weighted by Crippen LogP contribution is -2.10. The van der Waals surface area contributed by atoms with Gasteiger partial charge in [0.15, 0.2) is 5.38 Å². The number of ether oxygens (including phenoxy) is 1. The summed E-state index contributed by atoms with van der Waals surface area (Å²) in [6.45, 7) is 0. The lowest BCUT2D eigenvalue weighted by Gasteiger charge is -2.08. The van der Waals surface area contributed by atoms with Gasteiger partial charge in [-0.2, -0.15) is 5.26 Å². The van der Waals surface area contributed by atoms with E-state index >= 15 is 0 Å². The molecule has 0 radical (unpaired) electrons. The van der Waals surface area contributed by atoms with Crippen molar-refractivity contribution < 1.29 is 9.53 Å². The Hall–Kier alpha value is -1.31. The topological polar surface area (TPSA) is 63.0 Å². The quantitative estimate of drug-likeness (QED) is 0.454. The van der Waals surface area contributed by atoms with Crippen LogP contribution < -0.4 is 0 Å². The van der Waals surface area contributed by atoms with Crippen LogP contribution in [0.3, 0.4) is 0 Å². The number of aromatic nitrogens is 1. The molecule has 15 heavy (non-hydrogen) atoms. The molecule has 0 N–H and O–H groups in total. The predicted molar refractivity (Wildman–Crippen MR) is 54.6 cm³/mol. The Balaban J connectivity index is 3.18. The molecule has 0 aliphatic carbocycles. The van der Waals surface area contributed by atoms with Gasteiger partial charge < -0.3 is 4.74 Å². The van der Waals surface area contributed by atoms with E-state index in [9.17, 15) is 4.79 Å². The molecule has 4 nitrogen and oxygen atoms in total. The first-order valence-corrected chi connectivity index (χ1v) is 4.69. The monoisotopic (exact) mass is 244 g/mol. The minimum Gasteiger partial charge on any atom is -0.468 e. The highest BCUT2D eigenvalue weighted by atomic mass is 35.5. The first-order chi connectivity index (χ1) is 7.10. The number of halogens is 2. The molecule has 78 valence electrons. The number of alkyl halides is 1. The van der Waals surface area contributed by atoms with Crippen LogP contribution in [0.5, 0.6) is 0 Å². The average molecular weight is 245 g/mol. The Bertz CT molecular complexity index is 429. The molecular weight excluding hydrogens is 239 g/mol. The van der Waals surface area contributed by atoms with E-state index in [0.717, 1.165) is 0 Å². The Morgan fingerprint density at radius 1 is 1.73 bits per heavy atom. The van der Waals surface area contributed by atoms with Crippen LogP contribution in [-0.4, -0.2) is 18.1 Å². The number of carbonyl (C=O) groups excluding carboxylic acids is 1. The molecular formula is C9H6Cl2N2O2. The standard InChI is InChI=1S/C9H6Cl2N2O2/c1-15-9(14)8(11)6-2-7(10)13-4-5(6)3-12/h2,4,8H,1H3. The minimum atomic E-state index is -1.05. The summed E-state index contributed by atoms with van der Waals surface area (Å²) in [6.07, 6.45) is 1.26. The van der Waals surface area contributed by atoms with Crippen molar-refractivity contribution in [1.82, 2.24) is 4.98 Å². The number of pyridine rings is 1. The zero-order valence-electron chi connectivity index (χ0n) is 7.70. The number of rotatable bonds is 2. The zero-order valence-corrected chi connectivity index (χ0v) is 9.21. The van der Waals surface area contributed by atoms with Gasteiger partial charge >= 0.3 is 5.97 Å². The number of methoxy groups -OCH3 is 1. The summed E-state index contributed by atoms with van der Waals surface area (Å²) in [7, 11) is 1.21. The van der Waals surface area contributed by atoms with Crippen molar-refractivity contribution in [1.29, 1.82) is 5.26 Å². The molecule has 1 unspecified atom stereocenters. The number of nitriles is 1. The van der Waals surface area contributed by atoms with Crippen molar-refractivity contribution in [3.8, 4) is 6.07 Å². The number of hydrogen-bond donors (Lipinski definition) is 0. The molecule has 0 spiro atoms. The van der Waals surface area contributed by atoms with Crippen LogP contribution in [0.1, 0.15) is 16.5 Å². The Kier molecular flexibility index (Phi) is 3.89. The predicted octanol–water partition coefficient (Wildman–Crippen LogP) is 2.06. The largest absolute Gasteiger partial charge is 0.468 e. The zero-order chi connectivity index (χ0) is 11.4. The molecule has 6 heteroatoms. The van der Waals surface area contributed by atoms with E-state index in [1.165, 1.54) is 19.4 Å². The highest BCUT2D eigenvalue weighted by Gasteiger charge is 2.22. The second-order valence-corrected chi connectivity index (χ2v) is 3.42. The Labute approximate surface area is 96.4 Å². The number of hydrogen-bond acceptors (Lipinski definition) is 4. The fourth-order valence-electron chi connectivity index (χ4n) is 0.978. The van der Waals surface area contributed by atoms with Gasteiger partial charge in [-0.05, 0) is 6.07 Å². The highest BCUT2D eigenvalue weighted by Crippen LogP contribution is 2.26. The molecule has 0 fully saturated rings. The molecule has 0 aromatic carbocycles. The third kappa shape index (κ3) is 2.58. The average Bonchev–Trinajstić information content (AvgIpc) is 2.27. The number of carbonyl (C=O) groups is 1. The molecule has 0 aliphatic rings. The van der Waals surface area contributed by atoms with Crippen molar-refractivity contribution in [3.05, 3.63) is 28.5 Å². The van der Waals surface area contributed by atoms with Gasteiger partial charge in [0.05, 0.1) is 12.7 Å². The van der Waals surface area contributed by atoms with Gasteiger partial charge in [-0.3, -0.25) is 4.79 Å². The van der Waals surface area contributed by atoms with Gasteiger partial charge in [0.1, 0.15) is 11.2 Å². The van der Waals surface area contributed by atoms with E-state index in [-0.39, 0.29) is 10.7 Å². The third-order valence-electron chi connectivity index (χ3n) is 1.70. The van der Waals surface area contributed by atoms with Crippen LogP contribution >= 0.6 is 23.2 Å². The van der Waals surface area contributed by atoms with Gasteiger partial charge in [0.2, 0.25) is 0 Å². The summed E-state index contributed by atoms with van der Waals surface area (Å²) in [6, 6.07) is 3.24. The maximum absolute atomic E-state index is 11.2. The van der Waals surface area contributed by atoms with E-state index in [0.29, 0.717) is 5.56 Å². The van der Waals surface area contributed by atoms with Crippen LogP contribution in [-0.2, 0) is 9.53 Å². The van der Waals surface area contributed by atoms with Gasteiger partial charge in [0, 0.05) is 11.8 Å². The fraction of sp³-hybridized carbons (Fsp3) is 0.222. The first kappa shape index (κ1) is 11.8. The molecule has 1 aromatic rings. The number of nitrogens with zero attached hydrogens (tertiary/aromatic N) is 2. The Morgan fingerprint density at radius 2 is 2.40 bits per heavy atom. The molecule has 0 aliphatic heterocycles. The first-order valence-electron chi connectivity index (χ1n) is 3.87. The fourth-order valence-corrected chi connectivity index (χ4v) is 1.41. The van der Waals surface area contributed by atoms with E-state index in [1.807, 2.05) is 6.07 Å². The second kappa shape index (κ2) is 4.96. The van der Waals surface area contributed by atoms with E-state index in [1.54, 1.807) is 0 Å². The molecule has 1 atom stereocenters. The molecule has 1 aromatic heterocycles. The van der Waals surface area contributed by atoms with Crippen LogP contribution in [0.25, 0.3) is 0 Å². The molecule has 1 heterocycles. The molecule has 0 amide bonds. The van der Waals surface area contributed by atoms with E-state index in [4.69, 9.17) is 28.5 Å². The molecule has 1 rings (SSSR count). The summed E-state index contributed by atoms with van der Waals surface area (Å²) in [5.74, 6) is -0.643. The van der Waals surface area contributed by atoms with Crippen LogP contribution in [0.2, 0.25) is 5.15 Å². The van der Waals surface area contributed by atoms with Crippen LogP contribution in [0, 0.1) is 11.3 Å². The maximum Gasteiger partial charge on any atom is 0.328 e. The second-order valence-electron chi connectivity index (χ2n) is 2.59. The molecule has 0 saturated carbocycles. The van der Waals surface area contributed by atoms with Crippen molar-refractivity contribution in [2.75, 3.05) is 7.11 Å². The highest BCUT2D eigenvalue weighted by molar-refractivity contribution is 6.31. The smallest absolute Gasteiger partial charge is 0.328 e. The van der Waals surface area contributed by atoms with E-state index < -0.39 is 11.3 Å². The summed E-state index contributed by atoms with van der Waals surface area (Å²) >= 11 is 11.4. The van der Waals surface area contributed by atoms with Gasteiger partial charge in [-0.15, -0.1) is 11.6 Å². The van der Waals surface area contributed by atoms with Gasteiger partial charge in [-0.1, -0.05) is 11.6 Å². The SMILES string of the molecule is COC(=O)C(Cl)c1cc(Cl)ncc1C#N. The normalized spacial score (nSPS) is 11.6. The van der Waals surface area contributed by atoms with Gasteiger partial charge in [0.25, 0.3) is 0 Å². The van der Waals surface area contributed by atoms with Gasteiger partial charge in [-0.25, -0.2) is 4.98 Å². The molecule has 0 bridgehead atoms. The van der Waals surface area contributed by atoms with Crippen molar-refractivity contribution in [2.45, 2.75) is 5.38 Å². The lowest BCUT2D eigenvalue weighted by atomic mass is 10.1. The summed E-state index contributed by atoms with van der Waals surface area (Å²) in [4.78, 5) is 14.9. The van der Waals surface area contributed by atoms with Crippen LogP contribution in [0.4, 0.5) is 0 Å². The van der Waals surface area contributed by atoms with Crippen molar-refractivity contribution >= 4 is 29.2 Å². The third-order valence-corrected chi connectivity index (χ3v) is 2.32. The van der Waals surface area contributed by atoms with Crippen LogP contribution in [0.15, 0.2) is 12.3 Å². The minimum absolute atomic E-state index is 0.165. The number of esters is 1. The summed E-state index contributed by atoms with van der Waals surface area (Å²) < 4.78 is 4.46. The lowest BCUT2D eigenvalue weighted by molar-refractivity contribution is -0.140. The summed E-state index contributed by atoms with van der Waals surface area (Å²) in [5.41, 5.74) is 0.496. The molecule has 0 saturated heterocycles. The van der Waals surface area contributed by atoms with Crippen molar-refractivity contribution in [3.63, 3.8) is 0 Å². The summed E-state index contributed by atoms with van der Waals surface area (Å²) in [5, 5.41) is 7.88.